The molecule has 0 saturated carbocycles. The monoisotopic (exact) mass is 301 g/mol. The lowest BCUT2D eigenvalue weighted by molar-refractivity contribution is 0.408. The van der Waals surface area contributed by atoms with E-state index in [4.69, 9.17) is 16.3 Å². The number of nitrogens with zero attached hydrogens (tertiary/aromatic N) is 1. The van der Waals surface area contributed by atoms with E-state index in [0.29, 0.717) is 5.92 Å². The third-order valence-corrected chi connectivity index (χ3v) is 4.35. The molecule has 3 rings (SSSR count). The van der Waals surface area contributed by atoms with Crippen molar-refractivity contribution in [3.05, 3.63) is 58.6 Å². The van der Waals surface area contributed by atoms with Crippen LogP contribution in [0, 0.1) is 6.92 Å². The first kappa shape index (κ1) is 14.4. The Hall–Kier alpha value is -1.51. The van der Waals surface area contributed by atoms with Gasteiger partial charge in [-0.3, -0.25) is 0 Å². The molecule has 3 heteroatoms. The van der Waals surface area contributed by atoms with Gasteiger partial charge in [0.2, 0.25) is 0 Å². The molecule has 1 atom stereocenters. The van der Waals surface area contributed by atoms with Crippen molar-refractivity contribution in [3.8, 4) is 11.5 Å². The Morgan fingerprint density at radius 3 is 2.67 bits per heavy atom. The lowest BCUT2D eigenvalue weighted by Gasteiger charge is -2.17. The standard InChI is InChI=1S/C18H20ClNO/c1-13-5-3-4-6-17(13)21-18-8-7-15(19)11-16(18)14-9-10-20(2)12-14/h3-8,11,14H,9-10,12H2,1-2H3/t14-/m0/s1. The van der Waals surface area contributed by atoms with E-state index in [9.17, 15) is 0 Å². The van der Waals surface area contributed by atoms with Crippen LogP contribution in [0.5, 0.6) is 11.5 Å². The molecule has 1 aliphatic heterocycles. The Morgan fingerprint density at radius 2 is 1.95 bits per heavy atom. The van der Waals surface area contributed by atoms with E-state index in [-0.39, 0.29) is 0 Å². The van der Waals surface area contributed by atoms with Crippen molar-refractivity contribution in [2.75, 3.05) is 20.1 Å². The average Bonchev–Trinajstić information content (AvgIpc) is 2.89. The number of likely N-dealkylation sites (N-methyl/N-ethyl adjacent to an activating group) is 1. The van der Waals surface area contributed by atoms with Gasteiger partial charge in [-0.2, -0.15) is 0 Å². The molecule has 0 amide bonds. The van der Waals surface area contributed by atoms with Crippen LogP contribution in [-0.4, -0.2) is 25.0 Å². The second kappa shape index (κ2) is 6.08. The fourth-order valence-corrected chi connectivity index (χ4v) is 3.09. The number of para-hydroxylation sites is 1. The third-order valence-electron chi connectivity index (χ3n) is 4.12. The first-order valence-corrected chi connectivity index (χ1v) is 7.73. The molecule has 2 aromatic carbocycles. The molecular formula is C18H20ClNO. The second-order valence-corrected chi connectivity index (χ2v) is 6.23. The Bertz CT molecular complexity index is 641. The van der Waals surface area contributed by atoms with Crippen LogP contribution in [0.15, 0.2) is 42.5 Å². The Labute approximate surface area is 131 Å². The number of hydrogen-bond acceptors (Lipinski definition) is 2. The molecule has 1 heterocycles. The van der Waals surface area contributed by atoms with Crippen molar-refractivity contribution in [2.45, 2.75) is 19.3 Å². The molecule has 1 fully saturated rings. The number of hydrogen-bond donors (Lipinski definition) is 0. The number of ether oxygens (including phenoxy) is 1. The van der Waals surface area contributed by atoms with Gasteiger partial charge < -0.3 is 9.64 Å². The number of rotatable bonds is 3. The van der Waals surface area contributed by atoms with Gasteiger partial charge in [0, 0.05) is 23.0 Å². The Balaban J connectivity index is 1.93. The van der Waals surface area contributed by atoms with Crippen molar-refractivity contribution < 1.29 is 4.74 Å². The van der Waals surface area contributed by atoms with Gasteiger partial charge in [-0.05, 0) is 56.8 Å². The first-order chi connectivity index (χ1) is 10.1. The van der Waals surface area contributed by atoms with E-state index in [1.54, 1.807) is 0 Å². The minimum absolute atomic E-state index is 0.493. The van der Waals surface area contributed by atoms with E-state index in [0.717, 1.165) is 41.6 Å². The molecule has 2 aromatic rings. The summed E-state index contributed by atoms with van der Waals surface area (Å²) in [4.78, 5) is 2.35. The van der Waals surface area contributed by atoms with E-state index in [2.05, 4.69) is 31.0 Å². The minimum atomic E-state index is 0.493. The molecule has 1 saturated heterocycles. The van der Waals surface area contributed by atoms with Gasteiger partial charge in [0.25, 0.3) is 0 Å². The van der Waals surface area contributed by atoms with Gasteiger partial charge in [-0.25, -0.2) is 0 Å². The number of likely N-dealkylation sites (tertiary alicyclic amines) is 1. The van der Waals surface area contributed by atoms with Gasteiger partial charge in [0.15, 0.2) is 0 Å². The summed E-state index contributed by atoms with van der Waals surface area (Å²) in [6.07, 6.45) is 1.15. The van der Waals surface area contributed by atoms with E-state index in [1.165, 1.54) is 5.56 Å². The highest BCUT2D eigenvalue weighted by molar-refractivity contribution is 6.30. The van der Waals surface area contributed by atoms with Crippen LogP contribution in [0.25, 0.3) is 0 Å². The van der Waals surface area contributed by atoms with Gasteiger partial charge in [-0.1, -0.05) is 29.8 Å². The van der Waals surface area contributed by atoms with Crippen LogP contribution in [-0.2, 0) is 0 Å². The van der Waals surface area contributed by atoms with E-state index >= 15 is 0 Å². The molecule has 0 bridgehead atoms. The maximum atomic E-state index is 6.20. The van der Waals surface area contributed by atoms with Gasteiger partial charge in [0.05, 0.1) is 0 Å². The van der Waals surface area contributed by atoms with Crippen molar-refractivity contribution in [1.82, 2.24) is 4.90 Å². The Kier molecular flexibility index (Phi) is 4.18. The summed E-state index contributed by atoms with van der Waals surface area (Å²) in [6.45, 7) is 4.25. The van der Waals surface area contributed by atoms with Crippen LogP contribution >= 0.6 is 11.6 Å². The summed E-state index contributed by atoms with van der Waals surface area (Å²) in [5.74, 6) is 2.33. The summed E-state index contributed by atoms with van der Waals surface area (Å²) in [6, 6.07) is 14.0. The predicted octanol–water partition coefficient (Wildman–Crippen LogP) is 4.86. The van der Waals surface area contributed by atoms with E-state index in [1.807, 2.05) is 30.3 Å². The molecule has 1 aliphatic rings. The first-order valence-electron chi connectivity index (χ1n) is 7.35. The highest BCUT2D eigenvalue weighted by Gasteiger charge is 2.24. The van der Waals surface area contributed by atoms with Crippen LogP contribution in [0.3, 0.4) is 0 Å². The minimum Gasteiger partial charge on any atom is -0.457 e. The van der Waals surface area contributed by atoms with Crippen LogP contribution in [0.2, 0.25) is 5.02 Å². The summed E-state index contributed by atoms with van der Waals surface area (Å²) in [5.41, 5.74) is 2.36. The zero-order valence-electron chi connectivity index (χ0n) is 12.5. The Morgan fingerprint density at radius 1 is 1.14 bits per heavy atom. The molecule has 110 valence electrons. The van der Waals surface area contributed by atoms with Crippen molar-refractivity contribution in [3.63, 3.8) is 0 Å². The lowest BCUT2D eigenvalue weighted by Crippen LogP contribution is -2.13. The topological polar surface area (TPSA) is 12.5 Å². The molecule has 0 radical (unpaired) electrons. The number of benzene rings is 2. The molecular weight excluding hydrogens is 282 g/mol. The molecule has 0 aromatic heterocycles. The predicted molar refractivity (Wildman–Crippen MR) is 87.6 cm³/mol. The molecule has 0 unspecified atom stereocenters. The molecule has 0 aliphatic carbocycles. The number of aryl methyl sites for hydroxylation is 1. The maximum Gasteiger partial charge on any atom is 0.131 e. The molecule has 0 N–H and O–H groups in total. The molecule has 21 heavy (non-hydrogen) atoms. The normalized spacial score (nSPS) is 18.9. The smallest absolute Gasteiger partial charge is 0.131 e. The zero-order valence-corrected chi connectivity index (χ0v) is 13.2. The summed E-state index contributed by atoms with van der Waals surface area (Å²) < 4.78 is 6.17. The van der Waals surface area contributed by atoms with Crippen molar-refractivity contribution in [1.29, 1.82) is 0 Å². The third kappa shape index (κ3) is 3.22. The van der Waals surface area contributed by atoms with Crippen molar-refractivity contribution >= 4 is 11.6 Å². The van der Waals surface area contributed by atoms with Gasteiger partial charge in [-0.15, -0.1) is 0 Å². The lowest BCUT2D eigenvalue weighted by atomic mass is 9.97. The fourth-order valence-electron chi connectivity index (χ4n) is 2.91. The number of halogens is 1. The molecule has 0 spiro atoms. The highest BCUT2D eigenvalue weighted by atomic mass is 35.5. The van der Waals surface area contributed by atoms with Crippen LogP contribution in [0.4, 0.5) is 0 Å². The summed E-state index contributed by atoms with van der Waals surface area (Å²) in [7, 11) is 2.16. The second-order valence-electron chi connectivity index (χ2n) is 5.80. The summed E-state index contributed by atoms with van der Waals surface area (Å²) in [5, 5.41) is 0.775. The van der Waals surface area contributed by atoms with Gasteiger partial charge in [0.1, 0.15) is 11.5 Å². The fraction of sp³-hybridized carbons (Fsp3) is 0.333. The zero-order chi connectivity index (χ0) is 14.8. The van der Waals surface area contributed by atoms with Gasteiger partial charge >= 0.3 is 0 Å². The largest absolute Gasteiger partial charge is 0.457 e. The quantitative estimate of drug-likeness (QED) is 0.802. The van der Waals surface area contributed by atoms with E-state index < -0.39 is 0 Å². The van der Waals surface area contributed by atoms with Crippen LogP contribution in [0.1, 0.15) is 23.5 Å². The SMILES string of the molecule is Cc1ccccc1Oc1ccc(Cl)cc1[C@H]1CCN(C)C1. The molecule has 2 nitrogen and oxygen atoms in total. The van der Waals surface area contributed by atoms with Crippen LogP contribution < -0.4 is 4.74 Å². The van der Waals surface area contributed by atoms with Crippen molar-refractivity contribution in [2.24, 2.45) is 0 Å². The average molecular weight is 302 g/mol. The summed E-state index contributed by atoms with van der Waals surface area (Å²) >= 11 is 6.20. The maximum absolute atomic E-state index is 6.20. The highest BCUT2D eigenvalue weighted by Crippen LogP contribution is 2.37.